The molecule has 0 radical (unpaired) electrons. The number of aldehydes is 1. The molecule has 2 fully saturated rings. The first-order valence-corrected chi connectivity index (χ1v) is 8.59. The first-order chi connectivity index (χ1) is 9.73. The molecule has 7 heteroatoms. The Balaban J connectivity index is 1.99. The van der Waals surface area contributed by atoms with Crippen LogP contribution in [0.1, 0.15) is 43.6 Å². The molecule has 3 rings (SSSR count). The van der Waals surface area contributed by atoms with E-state index in [1.165, 1.54) is 6.20 Å². The molecular weight excluding hydrogens is 292 g/mol. The van der Waals surface area contributed by atoms with E-state index < -0.39 is 15.4 Å². The molecule has 6 nitrogen and oxygen atoms in total. The average Bonchev–Trinajstić information content (AvgIpc) is 3.02. The maximum Gasteiger partial charge on any atom is 0.240 e. The number of ketones is 1. The van der Waals surface area contributed by atoms with Crippen molar-refractivity contribution < 1.29 is 18.0 Å². The minimum atomic E-state index is -3.71. The van der Waals surface area contributed by atoms with E-state index in [2.05, 4.69) is 4.98 Å². The number of hydrogen-bond donors (Lipinski definition) is 0. The summed E-state index contributed by atoms with van der Waals surface area (Å²) in [7, 11) is -3.71. The van der Waals surface area contributed by atoms with Gasteiger partial charge in [0.2, 0.25) is 10.0 Å². The zero-order chi connectivity index (χ0) is 15.5. The number of rotatable bonds is 4. The molecule has 0 aliphatic heterocycles. The quantitative estimate of drug-likeness (QED) is 0.782. The standard InChI is InChI=1S/C14H18N2O4S/c1-13(2)10-3-4-14(13,12(18)5-10)8-21(19,20)16-6-11(7-17)15-9-16/h6-7,9-10H,3-5,8H2,1-2H3. The number of fused-ring (bicyclic) bond motifs is 2. The summed E-state index contributed by atoms with van der Waals surface area (Å²) in [5, 5.41) is 0. The van der Waals surface area contributed by atoms with Gasteiger partial charge in [-0.1, -0.05) is 13.8 Å². The van der Waals surface area contributed by atoms with Gasteiger partial charge in [0.25, 0.3) is 0 Å². The zero-order valence-electron chi connectivity index (χ0n) is 12.1. The molecule has 0 saturated heterocycles. The number of nitrogens with zero attached hydrogens (tertiary/aromatic N) is 2. The molecule has 1 heterocycles. The summed E-state index contributed by atoms with van der Waals surface area (Å²) in [5.74, 6) is 0.119. The van der Waals surface area contributed by atoms with Gasteiger partial charge >= 0.3 is 0 Å². The van der Waals surface area contributed by atoms with Crippen LogP contribution in [0.15, 0.2) is 12.5 Å². The highest BCUT2D eigenvalue weighted by molar-refractivity contribution is 7.89. The van der Waals surface area contributed by atoms with E-state index in [0.29, 0.717) is 19.1 Å². The Kier molecular flexibility index (Phi) is 2.92. The van der Waals surface area contributed by atoms with Crippen molar-refractivity contribution in [2.75, 3.05) is 5.75 Å². The van der Waals surface area contributed by atoms with Crippen LogP contribution in [-0.2, 0) is 14.8 Å². The van der Waals surface area contributed by atoms with Gasteiger partial charge in [-0.05, 0) is 24.2 Å². The van der Waals surface area contributed by atoms with E-state index in [0.717, 1.165) is 16.7 Å². The lowest BCUT2D eigenvalue weighted by Gasteiger charge is -2.36. The molecular formula is C14H18N2O4S. The monoisotopic (exact) mass is 310 g/mol. The van der Waals surface area contributed by atoms with Crippen LogP contribution in [0.4, 0.5) is 0 Å². The fourth-order valence-corrected chi connectivity index (χ4v) is 5.94. The number of carbonyl (C=O) groups is 2. The molecule has 2 aliphatic rings. The van der Waals surface area contributed by atoms with Gasteiger partial charge in [0.15, 0.2) is 6.29 Å². The van der Waals surface area contributed by atoms with Crippen LogP contribution in [0.3, 0.4) is 0 Å². The van der Waals surface area contributed by atoms with Crippen molar-refractivity contribution in [3.8, 4) is 0 Å². The topological polar surface area (TPSA) is 86.1 Å². The Morgan fingerprint density at radius 2 is 2.19 bits per heavy atom. The van der Waals surface area contributed by atoms with Gasteiger partial charge in [-0.25, -0.2) is 17.4 Å². The van der Waals surface area contributed by atoms with Gasteiger partial charge < -0.3 is 0 Å². The first kappa shape index (κ1) is 14.4. The molecule has 2 unspecified atom stereocenters. The van der Waals surface area contributed by atoms with E-state index >= 15 is 0 Å². The Labute approximate surface area is 123 Å². The molecule has 1 aromatic heterocycles. The third-order valence-corrected chi connectivity index (χ3v) is 7.29. The predicted octanol–water partition coefficient (Wildman–Crippen LogP) is 1.27. The highest BCUT2D eigenvalue weighted by Gasteiger charge is 2.65. The van der Waals surface area contributed by atoms with Crippen molar-refractivity contribution in [1.82, 2.24) is 8.96 Å². The zero-order valence-corrected chi connectivity index (χ0v) is 12.9. The molecule has 114 valence electrons. The smallest absolute Gasteiger partial charge is 0.240 e. The Hall–Kier alpha value is -1.50. The van der Waals surface area contributed by atoms with Crippen LogP contribution < -0.4 is 0 Å². The van der Waals surface area contributed by atoms with Crippen LogP contribution in [0, 0.1) is 16.7 Å². The molecule has 2 aliphatic carbocycles. The third kappa shape index (κ3) is 1.83. The normalized spacial score (nSPS) is 30.8. The highest BCUT2D eigenvalue weighted by Crippen LogP contribution is 2.64. The molecule has 2 saturated carbocycles. The molecule has 2 atom stereocenters. The van der Waals surface area contributed by atoms with Gasteiger partial charge in [0.1, 0.15) is 17.8 Å². The molecule has 2 bridgehead atoms. The maximum atomic E-state index is 12.6. The fourth-order valence-electron chi connectivity index (χ4n) is 4.03. The third-order valence-electron chi connectivity index (χ3n) is 5.59. The number of hydrogen-bond acceptors (Lipinski definition) is 5. The molecule has 1 aromatic rings. The van der Waals surface area contributed by atoms with Gasteiger partial charge in [0, 0.05) is 6.42 Å². The number of carbonyl (C=O) groups excluding carboxylic acids is 2. The van der Waals surface area contributed by atoms with Gasteiger partial charge in [-0.15, -0.1) is 0 Å². The highest BCUT2D eigenvalue weighted by atomic mass is 32.2. The Morgan fingerprint density at radius 3 is 2.67 bits per heavy atom. The van der Waals surface area contributed by atoms with Gasteiger partial charge in [-0.3, -0.25) is 9.59 Å². The van der Waals surface area contributed by atoms with Gasteiger partial charge in [0.05, 0.1) is 17.4 Å². The predicted molar refractivity (Wildman–Crippen MR) is 75.4 cm³/mol. The van der Waals surface area contributed by atoms with E-state index in [1.807, 2.05) is 13.8 Å². The summed E-state index contributed by atoms with van der Waals surface area (Å²) >= 11 is 0. The molecule has 0 aromatic carbocycles. The van der Waals surface area contributed by atoms with E-state index in [9.17, 15) is 18.0 Å². The number of imidazole rings is 1. The maximum absolute atomic E-state index is 12.6. The second-order valence-corrected chi connectivity index (χ2v) is 8.54. The lowest BCUT2D eigenvalue weighted by molar-refractivity contribution is -0.128. The minimum absolute atomic E-state index is 0.0584. The largest absolute Gasteiger partial charge is 0.299 e. The van der Waals surface area contributed by atoms with E-state index in [-0.39, 0.29) is 28.6 Å². The number of Topliss-reactive ketones (excluding diaryl/α,β-unsaturated/α-hetero) is 1. The van der Waals surface area contributed by atoms with Crippen molar-refractivity contribution >= 4 is 22.1 Å². The SMILES string of the molecule is CC1(C)C2CCC1(CS(=O)(=O)n1cnc(C=O)c1)C(=O)C2. The Morgan fingerprint density at radius 1 is 1.48 bits per heavy atom. The summed E-state index contributed by atoms with van der Waals surface area (Å²) in [4.78, 5) is 26.8. The lowest BCUT2D eigenvalue weighted by atomic mass is 9.70. The van der Waals surface area contributed by atoms with Crippen molar-refractivity contribution in [2.24, 2.45) is 16.7 Å². The van der Waals surface area contributed by atoms with Crippen molar-refractivity contribution in [2.45, 2.75) is 33.1 Å². The summed E-state index contributed by atoms with van der Waals surface area (Å²) in [6, 6.07) is 0. The second-order valence-electron chi connectivity index (χ2n) is 6.67. The second kappa shape index (κ2) is 4.25. The van der Waals surface area contributed by atoms with Crippen LogP contribution in [0.5, 0.6) is 0 Å². The van der Waals surface area contributed by atoms with Crippen molar-refractivity contribution in [1.29, 1.82) is 0 Å². The molecule has 21 heavy (non-hydrogen) atoms. The van der Waals surface area contributed by atoms with Crippen molar-refractivity contribution in [3.05, 3.63) is 18.2 Å². The van der Waals surface area contributed by atoms with Crippen LogP contribution in [0.25, 0.3) is 0 Å². The van der Waals surface area contributed by atoms with Crippen LogP contribution in [0.2, 0.25) is 0 Å². The lowest BCUT2D eigenvalue weighted by Crippen LogP contribution is -2.43. The van der Waals surface area contributed by atoms with Crippen LogP contribution in [-0.4, -0.2) is 35.2 Å². The molecule has 0 spiro atoms. The van der Waals surface area contributed by atoms with Gasteiger partial charge in [-0.2, -0.15) is 0 Å². The average molecular weight is 310 g/mol. The first-order valence-electron chi connectivity index (χ1n) is 6.99. The van der Waals surface area contributed by atoms with E-state index in [1.54, 1.807) is 0 Å². The summed E-state index contributed by atoms with van der Waals surface area (Å²) in [6.07, 6.45) is 4.81. The molecule has 0 amide bonds. The fraction of sp³-hybridized carbons (Fsp3) is 0.643. The summed E-state index contributed by atoms with van der Waals surface area (Å²) in [5.41, 5.74) is -1.04. The summed E-state index contributed by atoms with van der Waals surface area (Å²) < 4.78 is 26.1. The minimum Gasteiger partial charge on any atom is -0.299 e. The van der Waals surface area contributed by atoms with Crippen molar-refractivity contribution in [3.63, 3.8) is 0 Å². The van der Waals surface area contributed by atoms with E-state index in [4.69, 9.17) is 0 Å². The summed E-state index contributed by atoms with van der Waals surface area (Å²) in [6.45, 7) is 3.99. The number of aromatic nitrogens is 2. The molecule has 0 N–H and O–H groups in total. The van der Waals surface area contributed by atoms with Crippen LogP contribution >= 0.6 is 0 Å². The Bertz CT molecular complexity index is 719.